The molecule has 2 aromatic heterocycles. The molecule has 2 nitrogen and oxygen atoms in total. The smallest absolute Gasteiger partial charge is 0.113 e. The van der Waals surface area contributed by atoms with E-state index < -0.39 is 13.5 Å². The standard InChI is InChI=1S/C25H20Br2N2Si.S5/c1-30(2)19-11-5-3-9-17(19)25(18-10-4-6-12-20(18)30,21-13-7-15-23(26)28-21)22-14-8-16-24(27)29-22;1-3-5-4-2/h3-16H,1-2H3;. The van der Waals surface area contributed by atoms with Gasteiger partial charge in [0, 0.05) is 49.0 Å². The third-order valence-electron chi connectivity index (χ3n) is 6.26. The van der Waals surface area contributed by atoms with Crippen molar-refractivity contribution in [1.29, 1.82) is 0 Å². The van der Waals surface area contributed by atoms with Crippen molar-refractivity contribution in [1.82, 2.24) is 9.97 Å². The lowest BCUT2D eigenvalue weighted by Crippen LogP contribution is -2.63. The fourth-order valence-electron chi connectivity index (χ4n) is 4.93. The molecule has 4 aromatic rings. The quantitative estimate of drug-likeness (QED) is 0.204. The van der Waals surface area contributed by atoms with Crippen molar-refractivity contribution in [2.45, 2.75) is 18.5 Å². The van der Waals surface area contributed by atoms with E-state index in [9.17, 15) is 0 Å². The Labute approximate surface area is 242 Å². The second-order valence-corrected chi connectivity index (χ2v) is 19.6. The first-order valence-corrected chi connectivity index (χ1v) is 20.5. The first-order chi connectivity index (χ1) is 16.9. The molecule has 0 amide bonds. The Hall–Kier alpha value is -0.983. The van der Waals surface area contributed by atoms with Crippen molar-refractivity contribution < 1.29 is 0 Å². The van der Waals surface area contributed by atoms with Crippen LogP contribution in [0.25, 0.3) is 0 Å². The van der Waals surface area contributed by atoms with E-state index in [4.69, 9.17) is 9.97 Å². The van der Waals surface area contributed by atoms with Crippen LogP contribution in [0.4, 0.5) is 0 Å². The zero-order valence-corrected chi connectivity index (χ0v) is 27.0. The average Bonchev–Trinajstić information content (AvgIpc) is 2.86. The maximum Gasteiger partial charge on any atom is 0.113 e. The Morgan fingerprint density at radius 3 is 1.46 bits per heavy atom. The molecule has 0 atom stereocenters. The molecular formula is C25H20Br2N2S5Si. The molecule has 178 valence electrons. The highest BCUT2D eigenvalue weighted by Gasteiger charge is 2.51. The van der Waals surface area contributed by atoms with Gasteiger partial charge in [0.1, 0.15) is 22.7 Å². The van der Waals surface area contributed by atoms with E-state index in [-0.39, 0.29) is 0 Å². The highest BCUT2D eigenvalue weighted by Crippen LogP contribution is 2.46. The molecule has 0 aliphatic carbocycles. The van der Waals surface area contributed by atoms with E-state index in [1.54, 1.807) is 0 Å². The number of pyridine rings is 2. The van der Waals surface area contributed by atoms with Crippen LogP contribution < -0.4 is 10.4 Å². The summed E-state index contributed by atoms with van der Waals surface area (Å²) in [6.45, 7) is 4.88. The molecule has 0 radical (unpaired) electrons. The van der Waals surface area contributed by atoms with Crippen LogP contribution in [0, 0.1) is 0 Å². The van der Waals surface area contributed by atoms with Crippen LogP contribution >= 0.6 is 31.9 Å². The lowest BCUT2D eigenvalue weighted by atomic mass is 9.68. The van der Waals surface area contributed by atoms with Crippen molar-refractivity contribution in [2.75, 3.05) is 0 Å². The lowest BCUT2D eigenvalue weighted by molar-refractivity contribution is 0.687. The van der Waals surface area contributed by atoms with Gasteiger partial charge in [-0.15, -0.1) is 0 Å². The number of halogens is 2. The van der Waals surface area contributed by atoms with Crippen molar-refractivity contribution in [3.05, 3.63) is 117 Å². The SMILES string of the molecule is C[Si]1(C)c2ccccc2C(c2cccc(Br)n2)(c2cccc(Br)n2)c2ccccc21.S=S=S=S=S. The summed E-state index contributed by atoms with van der Waals surface area (Å²) in [6.07, 6.45) is 0. The summed E-state index contributed by atoms with van der Waals surface area (Å²) in [4.78, 5) is 9.99. The van der Waals surface area contributed by atoms with Gasteiger partial charge < -0.3 is 0 Å². The van der Waals surface area contributed by atoms with E-state index in [0.717, 1.165) is 20.6 Å². The summed E-state index contributed by atoms with van der Waals surface area (Å²) in [5, 5.41) is 2.87. The molecule has 2 aromatic carbocycles. The second kappa shape index (κ2) is 11.6. The van der Waals surface area contributed by atoms with Crippen LogP contribution in [-0.4, -0.2) is 18.0 Å². The number of hydrogen-bond donors (Lipinski definition) is 0. The van der Waals surface area contributed by atoms with Gasteiger partial charge in [0.15, 0.2) is 0 Å². The molecule has 35 heavy (non-hydrogen) atoms. The van der Waals surface area contributed by atoms with Gasteiger partial charge in [0.25, 0.3) is 0 Å². The fourth-order valence-corrected chi connectivity index (χ4v) is 11.6. The van der Waals surface area contributed by atoms with Crippen LogP contribution in [0.2, 0.25) is 13.1 Å². The minimum Gasteiger partial charge on any atom is -0.244 e. The number of fused-ring (bicyclic) bond motifs is 2. The fraction of sp³-hybridized carbons (Fsp3) is 0.120. The molecule has 0 N–H and O–H groups in total. The molecule has 0 bridgehead atoms. The average molecular weight is 697 g/mol. The third kappa shape index (κ3) is 5.09. The maximum absolute atomic E-state index is 5.00. The lowest BCUT2D eigenvalue weighted by Gasteiger charge is -2.45. The molecule has 3 heterocycles. The van der Waals surface area contributed by atoms with Crippen molar-refractivity contribution in [3.63, 3.8) is 0 Å². The van der Waals surface area contributed by atoms with E-state index in [1.807, 2.05) is 12.1 Å². The summed E-state index contributed by atoms with van der Waals surface area (Å²) >= 11 is 16.1. The predicted octanol–water partition coefficient (Wildman–Crippen LogP) is 5.51. The highest BCUT2D eigenvalue weighted by atomic mass is 79.9. The van der Waals surface area contributed by atoms with Crippen molar-refractivity contribution >= 4 is 99.3 Å². The molecule has 1 aliphatic heterocycles. The van der Waals surface area contributed by atoms with Gasteiger partial charge >= 0.3 is 0 Å². The van der Waals surface area contributed by atoms with Crippen LogP contribution in [0.1, 0.15) is 22.5 Å². The van der Waals surface area contributed by atoms with Gasteiger partial charge in [-0.3, -0.25) is 0 Å². The maximum atomic E-state index is 5.00. The summed E-state index contributed by atoms with van der Waals surface area (Å²) in [6, 6.07) is 30.1. The number of rotatable bonds is 2. The van der Waals surface area contributed by atoms with Crippen LogP contribution in [0.3, 0.4) is 0 Å². The van der Waals surface area contributed by atoms with Gasteiger partial charge in [-0.25, -0.2) is 9.97 Å². The number of nitrogens with zero attached hydrogens (tertiary/aromatic N) is 2. The molecule has 0 saturated heterocycles. The van der Waals surface area contributed by atoms with Crippen LogP contribution in [0.5, 0.6) is 0 Å². The van der Waals surface area contributed by atoms with Gasteiger partial charge in [-0.1, -0.05) is 73.8 Å². The van der Waals surface area contributed by atoms with E-state index in [0.29, 0.717) is 0 Å². The molecule has 1 aliphatic rings. The summed E-state index contributed by atoms with van der Waals surface area (Å²) in [5.41, 5.74) is 3.95. The summed E-state index contributed by atoms with van der Waals surface area (Å²) in [5.74, 6) is 0. The Bertz CT molecular complexity index is 1420. The monoisotopic (exact) mass is 694 g/mol. The topological polar surface area (TPSA) is 25.8 Å². The first kappa shape index (κ1) is 27.1. The molecule has 0 saturated carbocycles. The second-order valence-electron chi connectivity index (χ2n) is 8.36. The minimum atomic E-state index is -1.89. The van der Waals surface area contributed by atoms with Gasteiger partial charge in [-0.05, 0) is 77.6 Å². The minimum absolute atomic E-state index is 0.580. The van der Waals surface area contributed by atoms with Crippen molar-refractivity contribution in [2.24, 2.45) is 0 Å². The normalized spacial score (nSPS) is 14.4. The van der Waals surface area contributed by atoms with E-state index in [2.05, 4.69) is 140 Å². The molecule has 5 rings (SSSR count). The Morgan fingerprint density at radius 2 is 1.09 bits per heavy atom. The highest BCUT2D eigenvalue weighted by molar-refractivity contribution is 9.10. The molecule has 0 spiro atoms. The van der Waals surface area contributed by atoms with E-state index in [1.165, 1.54) is 48.1 Å². The van der Waals surface area contributed by atoms with Crippen molar-refractivity contribution in [3.8, 4) is 0 Å². The zero-order valence-electron chi connectivity index (χ0n) is 18.8. The number of aromatic nitrogens is 2. The Kier molecular flexibility index (Phi) is 8.97. The first-order valence-electron chi connectivity index (χ1n) is 10.6. The third-order valence-corrected chi connectivity index (χ3v) is 15.2. The van der Waals surface area contributed by atoms with Gasteiger partial charge in [0.05, 0.1) is 11.4 Å². The van der Waals surface area contributed by atoms with Gasteiger partial charge in [-0.2, -0.15) is 0 Å². The summed E-state index contributed by atoms with van der Waals surface area (Å²) in [7, 11) is 2.05. The van der Waals surface area contributed by atoms with E-state index >= 15 is 0 Å². The zero-order chi connectivity index (χ0) is 25.1. The predicted molar refractivity (Wildman–Crippen MR) is 169 cm³/mol. The van der Waals surface area contributed by atoms with Crippen LogP contribution in [0.15, 0.2) is 94.1 Å². The largest absolute Gasteiger partial charge is 0.244 e. The Morgan fingerprint density at radius 1 is 0.657 bits per heavy atom. The number of hydrogen-bond acceptors (Lipinski definition) is 4. The molecule has 0 fully saturated rings. The molecule has 0 unspecified atom stereocenters. The summed E-state index contributed by atoms with van der Waals surface area (Å²) < 4.78 is 1.65. The molecular weight excluding hydrogens is 677 g/mol. The number of benzene rings is 2. The van der Waals surface area contributed by atoms with Crippen LogP contribution in [-0.2, 0) is 54.4 Å². The molecule has 10 heteroatoms. The van der Waals surface area contributed by atoms with Gasteiger partial charge in [0.2, 0.25) is 0 Å². The Balaban J connectivity index is 0.000000527.